The van der Waals surface area contributed by atoms with Crippen LogP contribution in [0.5, 0.6) is 0 Å². The van der Waals surface area contributed by atoms with Crippen molar-refractivity contribution in [2.45, 2.75) is 70.2 Å². The predicted molar refractivity (Wildman–Crippen MR) is 84.6 cm³/mol. The molecule has 0 bridgehead atoms. The summed E-state index contributed by atoms with van der Waals surface area (Å²) in [5, 5.41) is 6.56. The molecule has 1 fully saturated rings. The van der Waals surface area contributed by atoms with Crippen molar-refractivity contribution >= 4 is 6.09 Å². The van der Waals surface area contributed by atoms with Crippen molar-refractivity contribution in [1.29, 1.82) is 0 Å². The zero-order valence-corrected chi connectivity index (χ0v) is 13.6. The van der Waals surface area contributed by atoms with Gasteiger partial charge in [0.1, 0.15) is 5.60 Å². The van der Waals surface area contributed by atoms with E-state index in [1.807, 2.05) is 33.0 Å². The lowest BCUT2D eigenvalue weighted by molar-refractivity contribution is 0.0521. The number of amides is 1. The van der Waals surface area contributed by atoms with Gasteiger partial charge in [-0.15, -0.1) is 0 Å². The topological polar surface area (TPSA) is 63.2 Å². The summed E-state index contributed by atoms with van der Waals surface area (Å²) in [7, 11) is 0. The highest BCUT2D eigenvalue weighted by Gasteiger charge is 2.41. The minimum absolute atomic E-state index is 0.170. The SMILES string of the molecule is CC(C)(C)OC(=O)NC1CC1NC1CCCc2cccnc21. The first-order chi connectivity index (χ1) is 10.4. The number of hydrogen-bond acceptors (Lipinski definition) is 4. The van der Waals surface area contributed by atoms with Gasteiger partial charge in [-0.2, -0.15) is 0 Å². The summed E-state index contributed by atoms with van der Waals surface area (Å²) < 4.78 is 5.29. The van der Waals surface area contributed by atoms with Crippen molar-refractivity contribution in [1.82, 2.24) is 15.6 Å². The van der Waals surface area contributed by atoms with Crippen molar-refractivity contribution in [2.24, 2.45) is 0 Å². The van der Waals surface area contributed by atoms with Crippen molar-refractivity contribution < 1.29 is 9.53 Å². The fourth-order valence-corrected chi connectivity index (χ4v) is 3.03. The van der Waals surface area contributed by atoms with E-state index >= 15 is 0 Å². The molecule has 0 radical (unpaired) electrons. The van der Waals surface area contributed by atoms with Crippen molar-refractivity contribution in [2.75, 3.05) is 0 Å². The summed E-state index contributed by atoms with van der Waals surface area (Å²) in [6.45, 7) is 5.62. The molecule has 0 aromatic carbocycles. The van der Waals surface area contributed by atoms with Crippen LogP contribution < -0.4 is 10.6 Å². The Labute approximate surface area is 131 Å². The Balaban J connectivity index is 1.51. The molecule has 22 heavy (non-hydrogen) atoms. The van der Waals surface area contributed by atoms with Gasteiger partial charge in [0.2, 0.25) is 0 Å². The molecule has 1 heterocycles. The van der Waals surface area contributed by atoms with Gasteiger partial charge in [0.25, 0.3) is 0 Å². The van der Waals surface area contributed by atoms with Gasteiger partial charge < -0.3 is 15.4 Å². The number of aromatic nitrogens is 1. The van der Waals surface area contributed by atoms with Crippen LogP contribution in [0.3, 0.4) is 0 Å². The highest BCUT2D eigenvalue weighted by molar-refractivity contribution is 5.68. The third kappa shape index (κ3) is 3.77. The molecule has 3 atom stereocenters. The zero-order chi connectivity index (χ0) is 15.7. The van der Waals surface area contributed by atoms with Crippen LogP contribution in [0.25, 0.3) is 0 Å². The molecular weight excluding hydrogens is 278 g/mol. The van der Waals surface area contributed by atoms with Gasteiger partial charge in [-0.05, 0) is 58.1 Å². The highest BCUT2D eigenvalue weighted by Crippen LogP contribution is 2.32. The molecular formula is C17H25N3O2. The number of pyridine rings is 1. The van der Waals surface area contributed by atoms with Crippen LogP contribution in [0, 0.1) is 0 Å². The molecule has 0 spiro atoms. The maximum Gasteiger partial charge on any atom is 0.407 e. The minimum Gasteiger partial charge on any atom is -0.444 e. The summed E-state index contributed by atoms with van der Waals surface area (Å²) in [4.78, 5) is 16.3. The molecule has 3 rings (SSSR count). The second-order valence-electron chi connectivity index (χ2n) is 7.25. The minimum atomic E-state index is -0.450. The maximum atomic E-state index is 11.8. The third-order valence-corrected chi connectivity index (χ3v) is 4.10. The number of carbonyl (C=O) groups is 1. The highest BCUT2D eigenvalue weighted by atomic mass is 16.6. The van der Waals surface area contributed by atoms with Crippen LogP contribution in [0.1, 0.15) is 57.3 Å². The van der Waals surface area contributed by atoms with E-state index in [1.54, 1.807) is 0 Å². The predicted octanol–water partition coefficient (Wildman–Crippen LogP) is 2.71. The smallest absolute Gasteiger partial charge is 0.407 e. The standard InChI is InChI=1S/C17H25N3O2/c1-17(2,3)22-16(21)20-14-10-13(14)19-12-8-4-6-11-7-5-9-18-15(11)12/h5,7,9,12-14,19H,4,6,8,10H2,1-3H3,(H,20,21). The van der Waals surface area contributed by atoms with Crippen molar-refractivity contribution in [3.05, 3.63) is 29.6 Å². The summed E-state index contributed by atoms with van der Waals surface area (Å²) in [6.07, 6.45) is 5.91. The number of nitrogens with zero attached hydrogens (tertiary/aromatic N) is 1. The quantitative estimate of drug-likeness (QED) is 0.901. The lowest BCUT2D eigenvalue weighted by Crippen LogP contribution is -2.38. The number of carbonyl (C=O) groups excluding carboxylic acids is 1. The Bertz CT molecular complexity index is 553. The summed E-state index contributed by atoms with van der Waals surface area (Å²) >= 11 is 0. The Morgan fingerprint density at radius 2 is 2.18 bits per heavy atom. The molecule has 2 N–H and O–H groups in total. The summed E-state index contributed by atoms with van der Waals surface area (Å²) in [5.74, 6) is 0. The van der Waals surface area contributed by atoms with E-state index < -0.39 is 5.60 Å². The van der Waals surface area contributed by atoms with Gasteiger partial charge in [-0.25, -0.2) is 4.79 Å². The number of aryl methyl sites for hydroxylation is 1. The van der Waals surface area contributed by atoms with E-state index in [-0.39, 0.29) is 12.1 Å². The molecule has 1 aromatic heterocycles. The van der Waals surface area contributed by atoms with Crippen molar-refractivity contribution in [3.63, 3.8) is 0 Å². The molecule has 2 aliphatic rings. The first-order valence-corrected chi connectivity index (χ1v) is 8.12. The second kappa shape index (κ2) is 5.88. The molecule has 1 amide bonds. The van der Waals surface area contributed by atoms with Crippen LogP contribution in [-0.4, -0.2) is 28.8 Å². The number of rotatable bonds is 3. The second-order valence-corrected chi connectivity index (χ2v) is 7.25. The molecule has 1 aromatic rings. The van der Waals surface area contributed by atoms with Gasteiger partial charge in [0.05, 0.1) is 11.7 Å². The molecule has 0 aliphatic heterocycles. The Hall–Kier alpha value is -1.62. The number of ether oxygens (including phenoxy) is 1. The number of alkyl carbamates (subject to hydrolysis) is 1. The fraction of sp³-hybridized carbons (Fsp3) is 0.647. The normalized spacial score (nSPS) is 27.0. The average Bonchev–Trinajstić information content (AvgIpc) is 3.14. The third-order valence-electron chi connectivity index (χ3n) is 4.10. The van der Waals surface area contributed by atoms with E-state index in [1.165, 1.54) is 17.7 Å². The molecule has 0 saturated heterocycles. The van der Waals surface area contributed by atoms with Crippen LogP contribution in [0.15, 0.2) is 18.3 Å². The Morgan fingerprint density at radius 3 is 2.95 bits per heavy atom. The first-order valence-electron chi connectivity index (χ1n) is 8.12. The average molecular weight is 303 g/mol. The molecule has 5 nitrogen and oxygen atoms in total. The number of fused-ring (bicyclic) bond motifs is 1. The maximum absolute atomic E-state index is 11.8. The van der Waals surface area contributed by atoms with Gasteiger partial charge in [-0.1, -0.05) is 6.07 Å². The molecule has 120 valence electrons. The summed E-state index contributed by atoms with van der Waals surface area (Å²) in [5.41, 5.74) is 2.08. The fourth-order valence-electron chi connectivity index (χ4n) is 3.03. The van der Waals surface area contributed by atoms with E-state index in [0.717, 1.165) is 19.3 Å². The zero-order valence-electron chi connectivity index (χ0n) is 13.6. The largest absolute Gasteiger partial charge is 0.444 e. The molecule has 1 saturated carbocycles. The van der Waals surface area contributed by atoms with Gasteiger partial charge in [-0.3, -0.25) is 4.98 Å². The Morgan fingerprint density at radius 1 is 1.36 bits per heavy atom. The van der Waals surface area contributed by atoms with E-state index in [4.69, 9.17) is 4.74 Å². The van der Waals surface area contributed by atoms with E-state index in [9.17, 15) is 4.79 Å². The Kier molecular flexibility index (Phi) is 4.08. The van der Waals surface area contributed by atoms with Crippen LogP contribution >= 0.6 is 0 Å². The lowest BCUT2D eigenvalue weighted by Gasteiger charge is -2.25. The van der Waals surface area contributed by atoms with Crippen LogP contribution in [-0.2, 0) is 11.2 Å². The molecule has 5 heteroatoms. The van der Waals surface area contributed by atoms with Crippen LogP contribution in [0.4, 0.5) is 4.79 Å². The molecule has 2 aliphatic carbocycles. The summed E-state index contributed by atoms with van der Waals surface area (Å²) in [6, 6.07) is 4.97. The van der Waals surface area contributed by atoms with Crippen molar-refractivity contribution in [3.8, 4) is 0 Å². The lowest BCUT2D eigenvalue weighted by atomic mass is 9.92. The molecule has 3 unspecified atom stereocenters. The van der Waals surface area contributed by atoms with E-state index in [0.29, 0.717) is 12.1 Å². The number of hydrogen-bond donors (Lipinski definition) is 2. The monoisotopic (exact) mass is 303 g/mol. The first kappa shape index (κ1) is 15.3. The van der Waals surface area contributed by atoms with Gasteiger partial charge >= 0.3 is 6.09 Å². The van der Waals surface area contributed by atoms with E-state index in [2.05, 4.69) is 21.7 Å². The van der Waals surface area contributed by atoms with Gasteiger partial charge in [0, 0.05) is 18.3 Å². The van der Waals surface area contributed by atoms with Gasteiger partial charge in [0.15, 0.2) is 0 Å². The number of nitrogens with one attached hydrogen (secondary N) is 2. The van der Waals surface area contributed by atoms with Crippen LogP contribution in [0.2, 0.25) is 0 Å².